The fourth-order valence-corrected chi connectivity index (χ4v) is 3.56. The number of amides is 1. The van der Waals surface area contributed by atoms with Crippen LogP contribution in [-0.2, 0) is 11.2 Å². The topological polar surface area (TPSA) is 88.8 Å². The number of hydrogen-bond acceptors (Lipinski definition) is 7. The van der Waals surface area contributed by atoms with E-state index in [1.807, 2.05) is 26.0 Å². The number of nitrogens with zero attached hydrogens (tertiary/aromatic N) is 4. The molecule has 0 aliphatic rings. The fourth-order valence-electron chi connectivity index (χ4n) is 2.67. The van der Waals surface area contributed by atoms with Gasteiger partial charge < -0.3 is 15.0 Å². The van der Waals surface area contributed by atoms with Crippen LogP contribution < -0.4 is 20.5 Å². The standard InChI is InChI=1S/C19H23N5O3S/c1-4-6-14-11-17(26)24-18(21-14)28-19(22-24)23(3)12-16(25)20-13-7-9-15(10-8-13)27-5-2/h7-11H,4-6,12H2,1-3H3,(H,20,25). The summed E-state index contributed by atoms with van der Waals surface area (Å²) in [5.74, 6) is 0.574. The minimum atomic E-state index is -0.205. The molecule has 3 aromatic rings. The van der Waals surface area contributed by atoms with E-state index in [1.54, 1.807) is 24.1 Å². The first-order valence-electron chi connectivity index (χ1n) is 9.13. The lowest BCUT2D eigenvalue weighted by Crippen LogP contribution is -2.30. The number of rotatable bonds is 8. The van der Waals surface area contributed by atoms with Crippen LogP contribution in [0.3, 0.4) is 0 Å². The number of nitrogens with one attached hydrogen (secondary N) is 1. The quantitative estimate of drug-likeness (QED) is 0.624. The lowest BCUT2D eigenvalue weighted by molar-refractivity contribution is -0.114. The van der Waals surface area contributed by atoms with Crippen LogP contribution in [0.15, 0.2) is 35.1 Å². The molecule has 2 aromatic heterocycles. The predicted molar refractivity (Wildman–Crippen MR) is 111 cm³/mol. The highest BCUT2D eigenvalue weighted by molar-refractivity contribution is 7.20. The Labute approximate surface area is 166 Å². The lowest BCUT2D eigenvalue weighted by atomic mass is 10.2. The van der Waals surface area contributed by atoms with Crippen LogP contribution in [0.5, 0.6) is 5.75 Å². The Morgan fingerprint density at radius 2 is 2.04 bits per heavy atom. The molecule has 0 saturated carbocycles. The minimum Gasteiger partial charge on any atom is -0.494 e. The fraction of sp³-hybridized carbons (Fsp3) is 0.368. The van der Waals surface area contributed by atoms with E-state index in [-0.39, 0.29) is 18.0 Å². The molecule has 1 amide bonds. The van der Waals surface area contributed by atoms with Crippen molar-refractivity contribution in [3.05, 3.63) is 46.4 Å². The van der Waals surface area contributed by atoms with Crippen LogP contribution in [0.2, 0.25) is 0 Å². The van der Waals surface area contributed by atoms with Crippen molar-refractivity contribution in [2.45, 2.75) is 26.7 Å². The molecule has 1 N–H and O–H groups in total. The largest absolute Gasteiger partial charge is 0.494 e. The Balaban J connectivity index is 1.68. The number of benzene rings is 1. The van der Waals surface area contributed by atoms with Gasteiger partial charge in [0.1, 0.15) is 5.75 Å². The van der Waals surface area contributed by atoms with Crippen molar-refractivity contribution in [1.82, 2.24) is 14.6 Å². The molecule has 0 fully saturated rings. The number of carbonyl (C=O) groups excluding carboxylic acids is 1. The molecule has 2 heterocycles. The Morgan fingerprint density at radius 1 is 1.29 bits per heavy atom. The summed E-state index contributed by atoms with van der Waals surface area (Å²) >= 11 is 1.29. The highest BCUT2D eigenvalue weighted by Gasteiger charge is 2.15. The van der Waals surface area contributed by atoms with Gasteiger partial charge in [-0.3, -0.25) is 9.59 Å². The summed E-state index contributed by atoms with van der Waals surface area (Å²) in [7, 11) is 1.76. The molecule has 0 atom stereocenters. The zero-order chi connectivity index (χ0) is 20.1. The first-order valence-corrected chi connectivity index (χ1v) is 9.95. The van der Waals surface area contributed by atoms with Crippen LogP contribution >= 0.6 is 11.3 Å². The van der Waals surface area contributed by atoms with E-state index in [2.05, 4.69) is 15.4 Å². The summed E-state index contributed by atoms with van der Waals surface area (Å²) in [6.45, 7) is 4.65. The van der Waals surface area contributed by atoms with Crippen molar-refractivity contribution in [3.8, 4) is 5.75 Å². The predicted octanol–water partition coefficient (Wildman–Crippen LogP) is 2.58. The molecule has 9 heteroatoms. The molecule has 3 rings (SSSR count). The average molecular weight is 401 g/mol. The maximum Gasteiger partial charge on any atom is 0.275 e. The van der Waals surface area contributed by atoms with Crippen LogP contribution in [0.4, 0.5) is 10.8 Å². The molecule has 0 aliphatic heterocycles. The van der Waals surface area contributed by atoms with Crippen LogP contribution in [0.1, 0.15) is 26.0 Å². The molecule has 148 valence electrons. The lowest BCUT2D eigenvalue weighted by Gasteiger charge is -2.14. The van der Waals surface area contributed by atoms with E-state index in [9.17, 15) is 9.59 Å². The SMILES string of the molecule is CCCc1cc(=O)n2nc(N(C)CC(=O)Nc3ccc(OCC)cc3)sc2n1. The number of aryl methyl sites for hydroxylation is 1. The molecule has 0 saturated heterocycles. The van der Waals surface area contributed by atoms with Crippen molar-refractivity contribution in [2.24, 2.45) is 0 Å². The second-order valence-corrected chi connectivity index (χ2v) is 7.21. The number of anilines is 2. The third-order valence-corrected chi connectivity index (χ3v) is 4.97. The van der Waals surface area contributed by atoms with Gasteiger partial charge in [0.15, 0.2) is 0 Å². The van der Waals surface area contributed by atoms with Crippen LogP contribution in [0.25, 0.3) is 4.96 Å². The van der Waals surface area contributed by atoms with Crippen molar-refractivity contribution in [1.29, 1.82) is 0 Å². The third-order valence-electron chi connectivity index (χ3n) is 3.95. The number of hydrogen-bond donors (Lipinski definition) is 1. The third kappa shape index (κ3) is 4.66. The van der Waals surface area contributed by atoms with Gasteiger partial charge in [0.05, 0.1) is 13.2 Å². The van der Waals surface area contributed by atoms with E-state index < -0.39 is 0 Å². The van der Waals surface area contributed by atoms with E-state index >= 15 is 0 Å². The van der Waals surface area contributed by atoms with Gasteiger partial charge in [0.25, 0.3) is 5.56 Å². The van der Waals surface area contributed by atoms with E-state index in [0.29, 0.717) is 22.4 Å². The van der Waals surface area contributed by atoms with Gasteiger partial charge in [-0.25, -0.2) is 4.98 Å². The number of carbonyl (C=O) groups is 1. The number of likely N-dealkylation sites (N-methyl/N-ethyl adjacent to an activating group) is 1. The number of ether oxygens (including phenoxy) is 1. The van der Waals surface area contributed by atoms with E-state index in [1.165, 1.54) is 21.9 Å². The number of aromatic nitrogens is 3. The van der Waals surface area contributed by atoms with Gasteiger partial charge in [-0.15, -0.1) is 5.10 Å². The first-order chi connectivity index (χ1) is 13.5. The summed E-state index contributed by atoms with van der Waals surface area (Å²) in [5.41, 5.74) is 1.25. The van der Waals surface area contributed by atoms with Gasteiger partial charge in [-0.1, -0.05) is 24.7 Å². The Bertz CT molecular complexity index is 1010. The molecule has 0 aliphatic carbocycles. The van der Waals surface area contributed by atoms with E-state index in [0.717, 1.165) is 24.3 Å². The molecule has 0 spiro atoms. The number of fused-ring (bicyclic) bond motifs is 1. The zero-order valence-electron chi connectivity index (χ0n) is 16.1. The molecule has 28 heavy (non-hydrogen) atoms. The Kier molecular flexibility index (Phi) is 6.25. The van der Waals surface area contributed by atoms with Crippen molar-refractivity contribution < 1.29 is 9.53 Å². The van der Waals surface area contributed by atoms with Crippen molar-refractivity contribution >= 4 is 33.0 Å². The molecular formula is C19H23N5O3S. The van der Waals surface area contributed by atoms with Crippen molar-refractivity contribution in [3.63, 3.8) is 0 Å². The summed E-state index contributed by atoms with van der Waals surface area (Å²) in [4.78, 5) is 31.3. The molecule has 8 nitrogen and oxygen atoms in total. The van der Waals surface area contributed by atoms with Gasteiger partial charge in [0, 0.05) is 24.5 Å². The van der Waals surface area contributed by atoms with Gasteiger partial charge in [-0.05, 0) is 37.6 Å². The highest BCUT2D eigenvalue weighted by atomic mass is 32.1. The minimum absolute atomic E-state index is 0.101. The monoisotopic (exact) mass is 401 g/mol. The second kappa shape index (κ2) is 8.83. The van der Waals surface area contributed by atoms with Crippen molar-refractivity contribution in [2.75, 3.05) is 30.4 Å². The molecule has 0 bridgehead atoms. The maximum absolute atomic E-state index is 12.3. The van der Waals surface area contributed by atoms with Gasteiger partial charge >= 0.3 is 0 Å². The molecular weight excluding hydrogens is 378 g/mol. The summed E-state index contributed by atoms with van der Waals surface area (Å²) in [6, 6.07) is 8.71. The smallest absolute Gasteiger partial charge is 0.275 e. The van der Waals surface area contributed by atoms with Crippen LogP contribution in [0, 0.1) is 0 Å². The summed E-state index contributed by atoms with van der Waals surface area (Å²) < 4.78 is 6.67. The first kappa shape index (κ1) is 19.8. The Hall–Kier alpha value is -2.94. The molecule has 0 unspecified atom stereocenters. The molecule has 1 aromatic carbocycles. The zero-order valence-corrected chi connectivity index (χ0v) is 17.0. The normalized spacial score (nSPS) is 10.8. The highest BCUT2D eigenvalue weighted by Crippen LogP contribution is 2.21. The maximum atomic E-state index is 12.3. The summed E-state index contributed by atoms with van der Waals surface area (Å²) in [6.07, 6.45) is 1.67. The second-order valence-electron chi connectivity index (χ2n) is 6.28. The van der Waals surface area contributed by atoms with Gasteiger partial charge in [0.2, 0.25) is 16.0 Å². The van der Waals surface area contributed by atoms with Gasteiger partial charge in [-0.2, -0.15) is 4.52 Å². The van der Waals surface area contributed by atoms with Crippen LogP contribution in [-0.4, -0.2) is 40.7 Å². The van der Waals surface area contributed by atoms with E-state index in [4.69, 9.17) is 4.74 Å². The summed E-state index contributed by atoms with van der Waals surface area (Å²) in [5, 5.41) is 7.69. The average Bonchev–Trinajstić information content (AvgIpc) is 3.09. The Morgan fingerprint density at radius 3 is 2.71 bits per heavy atom. The molecule has 0 radical (unpaired) electrons.